The molecule has 0 unspecified atom stereocenters. The predicted molar refractivity (Wildman–Crippen MR) is 106 cm³/mol. The molecular formula is C17H16Cl2N6O2S. The molecule has 1 aromatic carbocycles. The average Bonchev–Trinajstić information content (AvgIpc) is 3.27. The van der Waals surface area contributed by atoms with E-state index < -0.39 is 5.91 Å². The molecule has 0 aliphatic carbocycles. The van der Waals surface area contributed by atoms with Crippen molar-refractivity contribution in [3.05, 3.63) is 62.1 Å². The second-order valence-electron chi connectivity index (χ2n) is 6.06. The van der Waals surface area contributed by atoms with Gasteiger partial charge in [-0.3, -0.25) is 9.59 Å². The maximum atomic E-state index is 12.4. The summed E-state index contributed by atoms with van der Waals surface area (Å²) >= 11 is 13.5. The van der Waals surface area contributed by atoms with Crippen LogP contribution in [0.15, 0.2) is 41.0 Å². The molecular weight excluding hydrogens is 423 g/mol. The fourth-order valence-electron chi connectivity index (χ4n) is 2.24. The Morgan fingerprint density at radius 2 is 2.07 bits per heavy atom. The average molecular weight is 439 g/mol. The monoisotopic (exact) mass is 438 g/mol. The minimum Gasteiger partial charge on any atom is -0.347 e. The topological polar surface area (TPSA) is 85.4 Å². The third-order valence-electron chi connectivity index (χ3n) is 3.77. The lowest BCUT2D eigenvalue weighted by molar-refractivity contribution is -0.129. The summed E-state index contributed by atoms with van der Waals surface area (Å²) in [5.74, 6) is -0.696. The van der Waals surface area contributed by atoms with Gasteiger partial charge < -0.3 is 9.47 Å². The highest BCUT2D eigenvalue weighted by molar-refractivity contribution is 7.07. The fraction of sp³-hybridized carbons (Fsp3) is 0.235. The van der Waals surface area contributed by atoms with Gasteiger partial charge in [-0.25, -0.2) is 4.68 Å². The van der Waals surface area contributed by atoms with Crippen LogP contribution < -0.4 is 4.80 Å². The van der Waals surface area contributed by atoms with E-state index in [9.17, 15) is 9.59 Å². The Balaban J connectivity index is 1.79. The van der Waals surface area contributed by atoms with Gasteiger partial charge in [-0.1, -0.05) is 34.5 Å². The largest absolute Gasteiger partial charge is 0.347 e. The molecule has 0 N–H and O–H groups in total. The molecule has 2 aromatic heterocycles. The minimum absolute atomic E-state index is 0.00134. The van der Waals surface area contributed by atoms with Gasteiger partial charge in [0, 0.05) is 35.7 Å². The Labute approximate surface area is 174 Å². The van der Waals surface area contributed by atoms with Crippen LogP contribution in [0.4, 0.5) is 0 Å². The summed E-state index contributed by atoms with van der Waals surface area (Å²) < 4.78 is 3.11. The molecule has 146 valence electrons. The molecule has 0 saturated carbocycles. The summed E-state index contributed by atoms with van der Waals surface area (Å²) in [6.07, 6.45) is 3.22. The van der Waals surface area contributed by atoms with Gasteiger partial charge in [0.05, 0.1) is 12.7 Å². The lowest BCUT2D eigenvalue weighted by Gasteiger charge is -2.08. The van der Waals surface area contributed by atoms with Crippen LogP contribution in [0.3, 0.4) is 0 Å². The van der Waals surface area contributed by atoms with Crippen LogP contribution in [0.1, 0.15) is 16.1 Å². The number of hydrogen-bond acceptors (Lipinski definition) is 5. The van der Waals surface area contributed by atoms with Crippen LogP contribution in [0, 0.1) is 0 Å². The molecule has 0 spiro atoms. The van der Waals surface area contributed by atoms with E-state index in [0.717, 1.165) is 5.56 Å². The molecule has 8 nitrogen and oxygen atoms in total. The summed E-state index contributed by atoms with van der Waals surface area (Å²) in [6.45, 7) is 0.441. The third kappa shape index (κ3) is 4.86. The van der Waals surface area contributed by atoms with Crippen molar-refractivity contribution in [3.63, 3.8) is 0 Å². The van der Waals surface area contributed by atoms with Crippen molar-refractivity contribution in [2.24, 2.45) is 4.99 Å². The molecule has 3 rings (SSSR count). The van der Waals surface area contributed by atoms with Gasteiger partial charge >= 0.3 is 5.91 Å². The molecule has 0 bridgehead atoms. The van der Waals surface area contributed by atoms with Crippen LogP contribution in [0.25, 0.3) is 0 Å². The van der Waals surface area contributed by atoms with E-state index in [2.05, 4.69) is 15.3 Å². The van der Waals surface area contributed by atoms with Gasteiger partial charge in [0.2, 0.25) is 5.91 Å². The SMILES string of the molecule is CN(C)C(=O)Cn1cc(C(=O)N=c2sccn2Cc2ccc(Cl)cc2Cl)nn1. The first-order valence-electron chi connectivity index (χ1n) is 8.10. The van der Waals surface area contributed by atoms with E-state index in [0.29, 0.717) is 21.4 Å². The van der Waals surface area contributed by atoms with Crippen molar-refractivity contribution in [1.82, 2.24) is 24.5 Å². The van der Waals surface area contributed by atoms with Crippen molar-refractivity contribution in [1.29, 1.82) is 0 Å². The van der Waals surface area contributed by atoms with Gasteiger partial charge in [-0.05, 0) is 17.7 Å². The van der Waals surface area contributed by atoms with Crippen molar-refractivity contribution in [2.45, 2.75) is 13.1 Å². The Bertz CT molecular complexity index is 1090. The second kappa shape index (κ2) is 8.68. The smallest absolute Gasteiger partial charge is 0.301 e. The van der Waals surface area contributed by atoms with Crippen LogP contribution in [-0.4, -0.2) is 50.4 Å². The summed E-state index contributed by atoms with van der Waals surface area (Å²) in [7, 11) is 3.28. The van der Waals surface area contributed by atoms with Crippen LogP contribution in [0.2, 0.25) is 10.0 Å². The molecule has 0 aliphatic heterocycles. The number of aromatic nitrogens is 4. The zero-order valence-electron chi connectivity index (χ0n) is 15.0. The molecule has 0 radical (unpaired) electrons. The Morgan fingerprint density at radius 1 is 1.29 bits per heavy atom. The number of hydrogen-bond donors (Lipinski definition) is 0. The van der Waals surface area contributed by atoms with E-state index in [4.69, 9.17) is 23.2 Å². The van der Waals surface area contributed by atoms with Gasteiger partial charge in [0.15, 0.2) is 10.5 Å². The number of rotatable bonds is 5. The Morgan fingerprint density at radius 3 is 2.79 bits per heavy atom. The number of thiazole rings is 1. The minimum atomic E-state index is -0.540. The first-order chi connectivity index (χ1) is 13.3. The zero-order valence-corrected chi connectivity index (χ0v) is 17.4. The normalized spacial score (nSPS) is 11.6. The van der Waals surface area contributed by atoms with Crippen LogP contribution in [-0.2, 0) is 17.9 Å². The number of benzene rings is 1. The van der Waals surface area contributed by atoms with E-state index in [-0.39, 0.29) is 18.1 Å². The molecule has 28 heavy (non-hydrogen) atoms. The van der Waals surface area contributed by atoms with Crippen molar-refractivity contribution in [2.75, 3.05) is 14.1 Å². The number of halogens is 2. The third-order valence-corrected chi connectivity index (χ3v) is 5.15. The second-order valence-corrected chi connectivity index (χ2v) is 7.77. The molecule has 3 aromatic rings. The zero-order chi connectivity index (χ0) is 20.3. The molecule has 11 heteroatoms. The lowest BCUT2D eigenvalue weighted by Crippen LogP contribution is -2.26. The highest BCUT2D eigenvalue weighted by atomic mass is 35.5. The molecule has 0 saturated heterocycles. The fourth-order valence-corrected chi connectivity index (χ4v) is 3.43. The number of amides is 2. The van der Waals surface area contributed by atoms with E-state index in [1.54, 1.807) is 30.8 Å². The van der Waals surface area contributed by atoms with E-state index in [1.807, 2.05) is 17.6 Å². The van der Waals surface area contributed by atoms with Gasteiger partial charge in [-0.15, -0.1) is 16.4 Å². The highest BCUT2D eigenvalue weighted by Gasteiger charge is 2.13. The highest BCUT2D eigenvalue weighted by Crippen LogP contribution is 2.21. The number of likely N-dealkylation sites (N-methyl/N-ethyl adjacent to an activating group) is 1. The first-order valence-corrected chi connectivity index (χ1v) is 9.74. The molecule has 0 atom stereocenters. The lowest BCUT2D eigenvalue weighted by atomic mass is 10.2. The molecule has 2 amide bonds. The Kier molecular flexibility index (Phi) is 6.28. The predicted octanol–water partition coefficient (Wildman–Crippen LogP) is 2.33. The summed E-state index contributed by atoms with van der Waals surface area (Å²) in [4.78, 5) is 30.2. The summed E-state index contributed by atoms with van der Waals surface area (Å²) in [6, 6.07) is 5.25. The number of nitrogens with zero attached hydrogens (tertiary/aromatic N) is 6. The Hall–Kier alpha value is -2.49. The summed E-state index contributed by atoms with van der Waals surface area (Å²) in [5.41, 5.74) is 0.919. The van der Waals surface area contributed by atoms with Gasteiger partial charge in [-0.2, -0.15) is 4.99 Å². The van der Waals surface area contributed by atoms with Crippen molar-refractivity contribution in [3.8, 4) is 0 Å². The quantitative estimate of drug-likeness (QED) is 0.611. The van der Waals surface area contributed by atoms with E-state index in [1.165, 1.54) is 27.1 Å². The summed E-state index contributed by atoms with van der Waals surface area (Å²) in [5, 5.41) is 10.5. The van der Waals surface area contributed by atoms with Crippen molar-refractivity contribution < 1.29 is 9.59 Å². The molecule has 0 fully saturated rings. The number of carbonyl (C=O) groups is 2. The maximum Gasteiger partial charge on any atom is 0.301 e. The molecule has 2 heterocycles. The molecule has 0 aliphatic rings. The van der Waals surface area contributed by atoms with Crippen LogP contribution in [0.5, 0.6) is 0 Å². The van der Waals surface area contributed by atoms with Crippen LogP contribution >= 0.6 is 34.5 Å². The first kappa shape index (κ1) is 20.2. The van der Waals surface area contributed by atoms with E-state index >= 15 is 0 Å². The van der Waals surface area contributed by atoms with Gasteiger partial charge in [0.1, 0.15) is 6.54 Å². The number of carbonyl (C=O) groups excluding carboxylic acids is 2. The van der Waals surface area contributed by atoms with Crippen molar-refractivity contribution >= 4 is 46.4 Å². The maximum absolute atomic E-state index is 12.4. The standard InChI is InChI=1S/C17H16Cl2N6O2S/c1-23(2)15(26)10-25-9-14(21-22-25)16(27)20-17-24(5-6-28-17)8-11-3-4-12(18)7-13(11)19/h3-7,9H,8,10H2,1-2H3. The van der Waals surface area contributed by atoms with Gasteiger partial charge in [0.25, 0.3) is 0 Å².